The van der Waals surface area contributed by atoms with Crippen LogP contribution in [0.25, 0.3) is 0 Å². The average molecular weight is 247 g/mol. The first-order chi connectivity index (χ1) is 8.50. The Kier molecular flexibility index (Phi) is 4.08. The first-order valence-electron chi connectivity index (χ1n) is 6.96. The van der Waals surface area contributed by atoms with Crippen molar-refractivity contribution in [3.05, 3.63) is 34.9 Å². The summed E-state index contributed by atoms with van der Waals surface area (Å²) in [5.41, 5.74) is 3.44. The lowest BCUT2D eigenvalue weighted by molar-refractivity contribution is 0.0260. The summed E-state index contributed by atoms with van der Waals surface area (Å²) < 4.78 is 0. The van der Waals surface area contributed by atoms with E-state index in [0.29, 0.717) is 0 Å². The van der Waals surface area contributed by atoms with E-state index in [1.807, 2.05) is 0 Å². The highest BCUT2D eigenvalue weighted by atomic mass is 16.3. The van der Waals surface area contributed by atoms with Crippen LogP contribution < -0.4 is 0 Å². The fourth-order valence-corrected chi connectivity index (χ4v) is 2.95. The third kappa shape index (κ3) is 3.12. The number of aliphatic hydroxyl groups is 1. The second-order valence-electron chi connectivity index (χ2n) is 5.93. The van der Waals surface area contributed by atoms with Gasteiger partial charge in [0.25, 0.3) is 0 Å². The second kappa shape index (κ2) is 5.41. The van der Waals surface area contributed by atoms with Gasteiger partial charge in [-0.05, 0) is 63.4 Å². The summed E-state index contributed by atoms with van der Waals surface area (Å²) in [5.74, 6) is 0. The number of rotatable bonds is 2. The zero-order chi connectivity index (χ0) is 13.2. The number of hydrogen-bond donors (Lipinski definition) is 1. The van der Waals surface area contributed by atoms with Crippen molar-refractivity contribution in [3.63, 3.8) is 0 Å². The van der Waals surface area contributed by atoms with E-state index < -0.39 is 5.60 Å². The minimum Gasteiger partial charge on any atom is -0.389 e. The molecule has 1 fully saturated rings. The average Bonchev–Trinajstić information content (AvgIpc) is 2.47. The van der Waals surface area contributed by atoms with Gasteiger partial charge < -0.3 is 10.0 Å². The third-order valence-electron chi connectivity index (χ3n) is 4.29. The Morgan fingerprint density at radius 1 is 1.17 bits per heavy atom. The van der Waals surface area contributed by atoms with Gasteiger partial charge in [-0.25, -0.2) is 0 Å². The van der Waals surface area contributed by atoms with Crippen LogP contribution >= 0.6 is 0 Å². The van der Waals surface area contributed by atoms with Gasteiger partial charge in [-0.15, -0.1) is 0 Å². The predicted molar refractivity (Wildman–Crippen MR) is 75.9 cm³/mol. The number of hydrogen-bond acceptors (Lipinski definition) is 2. The number of nitrogens with zero attached hydrogens (tertiary/aromatic N) is 1. The molecule has 0 aliphatic carbocycles. The molecule has 1 atom stereocenters. The maximum Gasteiger partial charge on any atom is 0.0700 e. The molecule has 0 saturated carbocycles. The summed E-state index contributed by atoms with van der Waals surface area (Å²) >= 11 is 0. The van der Waals surface area contributed by atoms with Gasteiger partial charge in [0.2, 0.25) is 0 Å². The molecule has 100 valence electrons. The van der Waals surface area contributed by atoms with Crippen LogP contribution in [0.2, 0.25) is 0 Å². The van der Waals surface area contributed by atoms with Crippen molar-refractivity contribution < 1.29 is 5.11 Å². The standard InChI is InChI=1S/C16H25NO/c1-13-6-4-7-14(2)15(13)12-16(18)8-5-10-17(3)11-9-16/h4,6-7,18H,5,8-12H2,1-3H3. The van der Waals surface area contributed by atoms with Crippen molar-refractivity contribution >= 4 is 0 Å². The van der Waals surface area contributed by atoms with Crippen molar-refractivity contribution in [2.24, 2.45) is 0 Å². The van der Waals surface area contributed by atoms with Gasteiger partial charge in [0.05, 0.1) is 5.60 Å². The number of likely N-dealkylation sites (tertiary alicyclic amines) is 1. The summed E-state index contributed by atoms with van der Waals surface area (Å²) in [6.45, 7) is 6.40. The SMILES string of the molecule is Cc1cccc(C)c1CC1(O)CCCN(C)CC1. The quantitative estimate of drug-likeness (QED) is 0.868. The zero-order valence-electron chi connectivity index (χ0n) is 11.9. The minimum atomic E-state index is -0.512. The summed E-state index contributed by atoms with van der Waals surface area (Å²) in [6.07, 6.45) is 3.71. The molecule has 2 nitrogen and oxygen atoms in total. The van der Waals surface area contributed by atoms with Gasteiger partial charge >= 0.3 is 0 Å². The monoisotopic (exact) mass is 247 g/mol. The Morgan fingerprint density at radius 3 is 2.50 bits per heavy atom. The molecular weight excluding hydrogens is 222 g/mol. The van der Waals surface area contributed by atoms with Gasteiger partial charge in [0.15, 0.2) is 0 Å². The lowest BCUT2D eigenvalue weighted by Gasteiger charge is -2.28. The van der Waals surface area contributed by atoms with E-state index in [-0.39, 0.29) is 0 Å². The molecule has 1 unspecified atom stereocenters. The largest absolute Gasteiger partial charge is 0.389 e. The van der Waals surface area contributed by atoms with E-state index in [1.165, 1.54) is 16.7 Å². The number of benzene rings is 1. The maximum atomic E-state index is 10.8. The predicted octanol–water partition coefficient (Wildman–Crippen LogP) is 2.69. The highest BCUT2D eigenvalue weighted by molar-refractivity contribution is 5.34. The van der Waals surface area contributed by atoms with Crippen LogP contribution in [0.3, 0.4) is 0 Å². The van der Waals surface area contributed by atoms with E-state index in [2.05, 4.69) is 44.0 Å². The summed E-state index contributed by atoms with van der Waals surface area (Å²) in [5, 5.41) is 10.8. The molecule has 0 spiro atoms. The fourth-order valence-electron chi connectivity index (χ4n) is 2.95. The molecule has 2 rings (SSSR count). The molecule has 0 bridgehead atoms. The lowest BCUT2D eigenvalue weighted by atomic mass is 9.84. The first-order valence-corrected chi connectivity index (χ1v) is 6.96. The van der Waals surface area contributed by atoms with Crippen LogP contribution in [0.5, 0.6) is 0 Å². The molecule has 1 aliphatic heterocycles. The van der Waals surface area contributed by atoms with Gasteiger partial charge in [-0.2, -0.15) is 0 Å². The van der Waals surface area contributed by atoms with Crippen LogP contribution in [0.1, 0.15) is 36.0 Å². The Morgan fingerprint density at radius 2 is 1.83 bits per heavy atom. The summed E-state index contributed by atoms with van der Waals surface area (Å²) in [4.78, 5) is 2.32. The normalized spacial score (nSPS) is 26.0. The first kappa shape index (κ1) is 13.6. The van der Waals surface area contributed by atoms with Crippen LogP contribution in [0.4, 0.5) is 0 Å². The Hall–Kier alpha value is -0.860. The molecule has 1 heterocycles. The molecule has 0 amide bonds. The highest BCUT2D eigenvalue weighted by Crippen LogP contribution is 2.28. The zero-order valence-corrected chi connectivity index (χ0v) is 11.9. The third-order valence-corrected chi connectivity index (χ3v) is 4.29. The Bertz CT molecular complexity index is 395. The molecule has 1 aromatic carbocycles. The molecule has 1 N–H and O–H groups in total. The van der Waals surface area contributed by atoms with Crippen molar-refractivity contribution in [1.29, 1.82) is 0 Å². The van der Waals surface area contributed by atoms with E-state index in [4.69, 9.17) is 0 Å². The van der Waals surface area contributed by atoms with Crippen molar-refractivity contribution in [2.75, 3.05) is 20.1 Å². The molecule has 0 radical (unpaired) electrons. The Labute approximate surface area is 111 Å². The van der Waals surface area contributed by atoms with Crippen molar-refractivity contribution in [2.45, 2.75) is 45.1 Å². The van der Waals surface area contributed by atoms with Crippen LogP contribution in [0.15, 0.2) is 18.2 Å². The van der Waals surface area contributed by atoms with Gasteiger partial charge in [0, 0.05) is 13.0 Å². The van der Waals surface area contributed by atoms with Crippen LogP contribution in [-0.2, 0) is 6.42 Å². The molecule has 2 heteroatoms. The molecule has 0 aromatic heterocycles. The van der Waals surface area contributed by atoms with E-state index in [9.17, 15) is 5.11 Å². The molecule has 1 saturated heterocycles. The molecule has 1 aliphatic rings. The summed E-state index contributed by atoms with van der Waals surface area (Å²) in [7, 11) is 2.14. The second-order valence-corrected chi connectivity index (χ2v) is 5.93. The smallest absolute Gasteiger partial charge is 0.0700 e. The topological polar surface area (TPSA) is 23.5 Å². The fraction of sp³-hybridized carbons (Fsp3) is 0.625. The molecule has 1 aromatic rings. The van der Waals surface area contributed by atoms with Crippen LogP contribution in [0, 0.1) is 13.8 Å². The van der Waals surface area contributed by atoms with Crippen molar-refractivity contribution in [1.82, 2.24) is 4.90 Å². The summed E-state index contributed by atoms with van der Waals surface area (Å²) in [6, 6.07) is 6.39. The van der Waals surface area contributed by atoms with E-state index in [0.717, 1.165) is 38.8 Å². The minimum absolute atomic E-state index is 0.512. The number of aryl methyl sites for hydroxylation is 2. The lowest BCUT2D eigenvalue weighted by Crippen LogP contribution is -2.33. The maximum absolute atomic E-state index is 10.8. The van der Waals surface area contributed by atoms with Gasteiger partial charge in [0.1, 0.15) is 0 Å². The van der Waals surface area contributed by atoms with Gasteiger partial charge in [-0.3, -0.25) is 0 Å². The Balaban J connectivity index is 2.16. The van der Waals surface area contributed by atoms with Crippen LogP contribution in [-0.4, -0.2) is 35.7 Å². The van der Waals surface area contributed by atoms with Gasteiger partial charge in [-0.1, -0.05) is 18.2 Å². The van der Waals surface area contributed by atoms with E-state index in [1.54, 1.807) is 0 Å². The van der Waals surface area contributed by atoms with Crippen molar-refractivity contribution in [3.8, 4) is 0 Å². The van der Waals surface area contributed by atoms with E-state index >= 15 is 0 Å². The molecule has 18 heavy (non-hydrogen) atoms. The highest BCUT2D eigenvalue weighted by Gasteiger charge is 2.30. The molecular formula is C16H25NO.